The van der Waals surface area contributed by atoms with Crippen molar-refractivity contribution in [3.63, 3.8) is 0 Å². The molecule has 0 amide bonds. The number of aryl methyl sites for hydroxylation is 12. The van der Waals surface area contributed by atoms with Crippen LogP contribution in [0.25, 0.3) is 0 Å². The summed E-state index contributed by atoms with van der Waals surface area (Å²) in [5.74, 6) is 0. The van der Waals surface area contributed by atoms with Crippen molar-refractivity contribution in [2.24, 2.45) is 0 Å². The number of benzene rings is 2. The van der Waals surface area contributed by atoms with Gasteiger partial charge in [0.05, 0.1) is 68.3 Å². The molecule has 8 nitrogen and oxygen atoms in total. The number of aromatic nitrogens is 4. The monoisotopic (exact) mass is 714 g/mol. The lowest BCUT2D eigenvalue weighted by Crippen LogP contribution is -2.58. The molecule has 54 heavy (non-hydrogen) atoms. The van der Waals surface area contributed by atoms with E-state index in [-0.39, 0.29) is 12.3 Å². The van der Waals surface area contributed by atoms with Crippen LogP contribution in [0.5, 0.6) is 0 Å². The molecule has 0 atom stereocenters. The van der Waals surface area contributed by atoms with Crippen LogP contribution in [0.4, 0.5) is 45.5 Å². The zero-order valence-corrected chi connectivity index (χ0v) is 33.7. The van der Waals surface area contributed by atoms with Crippen molar-refractivity contribution >= 4 is 45.5 Å². The van der Waals surface area contributed by atoms with Gasteiger partial charge in [-0.15, -0.1) is 0 Å². The number of pyridine rings is 4. The predicted molar refractivity (Wildman–Crippen MR) is 223 cm³/mol. The normalized spacial score (nSPS) is 14.4. The Morgan fingerprint density at radius 3 is 0.685 bits per heavy atom. The van der Waals surface area contributed by atoms with Crippen LogP contribution in [0.3, 0.4) is 0 Å². The maximum Gasteiger partial charge on any atom is 0.151 e. The molecule has 0 saturated carbocycles. The summed E-state index contributed by atoms with van der Waals surface area (Å²) in [6, 6.07) is 26.9. The summed E-state index contributed by atoms with van der Waals surface area (Å²) in [4.78, 5) is 30.4. The number of nitrogens with zero attached hydrogens (tertiary/aromatic N) is 8. The minimum atomic E-state index is -0.318. The predicted octanol–water partition coefficient (Wildman–Crippen LogP) is 10.9. The quantitative estimate of drug-likeness (QED) is 0.175. The molecule has 2 aromatic carbocycles. The first-order valence-electron chi connectivity index (χ1n) is 18.9. The van der Waals surface area contributed by atoms with Crippen LogP contribution < -0.4 is 19.6 Å². The molecule has 0 aliphatic carbocycles. The smallest absolute Gasteiger partial charge is 0.151 e. The molecule has 8 heteroatoms. The minimum absolute atomic E-state index is 0.318. The van der Waals surface area contributed by atoms with Crippen molar-refractivity contribution in [2.45, 2.75) is 95.4 Å². The molecule has 0 fully saturated rings. The summed E-state index contributed by atoms with van der Waals surface area (Å²) >= 11 is 0. The van der Waals surface area contributed by atoms with Gasteiger partial charge in [-0.1, -0.05) is 0 Å². The number of rotatable bonds is 5. The molecule has 6 aromatic rings. The number of fused-ring (bicyclic) bond motifs is 2. The number of hydrogen-bond acceptors (Lipinski definition) is 8. The van der Waals surface area contributed by atoms with Crippen LogP contribution in [-0.2, 0) is 0 Å². The van der Waals surface area contributed by atoms with Crippen molar-refractivity contribution in [1.29, 1.82) is 0 Å². The third-order valence-electron chi connectivity index (χ3n) is 11.4. The molecule has 274 valence electrons. The Labute approximate surface area is 320 Å². The Bertz CT molecular complexity index is 2140. The van der Waals surface area contributed by atoms with Crippen molar-refractivity contribution in [2.75, 3.05) is 19.6 Å². The standard InChI is InChI=1S/C46H50N8/c1-25-21-41-42(22-26(25)2)52(38-18-14-30(6)48-34(38)10)45(51(41)37-17-13-29(5)47-33(37)9)46-53(39-19-15-31(7)49-35(39)11)43-23-27(3)28(4)24-44(43)54(46)40-20-16-32(8)50-36(40)12/h13-24,45-46H,1-12H3. The number of hydrogen-bond donors (Lipinski definition) is 0. The summed E-state index contributed by atoms with van der Waals surface area (Å²) in [7, 11) is 0. The van der Waals surface area contributed by atoms with Gasteiger partial charge < -0.3 is 19.6 Å². The fourth-order valence-corrected chi connectivity index (χ4v) is 8.50. The van der Waals surface area contributed by atoms with E-state index >= 15 is 0 Å². The van der Waals surface area contributed by atoms with Gasteiger partial charge in [0.1, 0.15) is 0 Å². The zero-order valence-electron chi connectivity index (χ0n) is 33.7. The molecular formula is C46H50N8. The van der Waals surface area contributed by atoms with Crippen molar-refractivity contribution in [1.82, 2.24) is 19.9 Å². The average molecular weight is 715 g/mol. The molecule has 0 radical (unpaired) electrons. The third kappa shape index (κ3) is 5.58. The van der Waals surface area contributed by atoms with Crippen molar-refractivity contribution < 1.29 is 0 Å². The SMILES string of the molecule is Cc1ccc(N2c3cc(C)c(C)cc3N(c3ccc(C)nc3C)C2C2N(c3ccc(C)nc3C)c3cc(C)c(C)cc3N2c2ccc(C)nc2C)c(C)n1. The Balaban J connectivity index is 1.53. The van der Waals surface area contributed by atoms with Gasteiger partial charge in [-0.2, -0.15) is 0 Å². The van der Waals surface area contributed by atoms with Gasteiger partial charge >= 0.3 is 0 Å². The van der Waals surface area contributed by atoms with Gasteiger partial charge in [-0.25, -0.2) is 0 Å². The zero-order chi connectivity index (χ0) is 38.3. The van der Waals surface area contributed by atoms with Gasteiger partial charge in [0, 0.05) is 22.8 Å². The molecule has 4 aromatic heterocycles. The highest BCUT2D eigenvalue weighted by Gasteiger charge is 2.53. The lowest BCUT2D eigenvalue weighted by atomic mass is 10.1. The van der Waals surface area contributed by atoms with Crippen LogP contribution in [0.15, 0.2) is 72.8 Å². The van der Waals surface area contributed by atoms with Gasteiger partial charge in [0.25, 0.3) is 0 Å². The Kier molecular flexibility index (Phi) is 8.48. The topological polar surface area (TPSA) is 64.5 Å². The summed E-state index contributed by atoms with van der Waals surface area (Å²) in [6.07, 6.45) is -0.635. The molecule has 0 bridgehead atoms. The molecule has 8 rings (SSSR count). The highest BCUT2D eigenvalue weighted by atomic mass is 15.5. The van der Waals surface area contributed by atoms with Crippen LogP contribution in [-0.4, -0.2) is 32.3 Å². The minimum Gasteiger partial charge on any atom is -0.313 e. The van der Waals surface area contributed by atoms with Gasteiger partial charge in [0.15, 0.2) is 12.3 Å². The van der Waals surface area contributed by atoms with Crippen molar-refractivity contribution in [3.8, 4) is 0 Å². The van der Waals surface area contributed by atoms with E-state index < -0.39 is 0 Å². The Morgan fingerprint density at radius 2 is 0.500 bits per heavy atom. The molecule has 0 saturated heterocycles. The van der Waals surface area contributed by atoms with E-state index in [1.54, 1.807) is 0 Å². The Hall–Kier alpha value is -5.76. The summed E-state index contributed by atoms with van der Waals surface area (Å²) in [5, 5.41) is 0. The molecule has 0 spiro atoms. The second-order valence-corrected chi connectivity index (χ2v) is 15.4. The highest BCUT2D eigenvalue weighted by molar-refractivity contribution is 5.95. The van der Waals surface area contributed by atoms with Crippen molar-refractivity contribution in [3.05, 3.63) is 141 Å². The maximum absolute atomic E-state index is 5.06. The van der Waals surface area contributed by atoms with Crippen LogP contribution in [0, 0.1) is 83.1 Å². The molecule has 6 heterocycles. The van der Waals surface area contributed by atoms with E-state index in [4.69, 9.17) is 19.9 Å². The average Bonchev–Trinajstić information content (AvgIpc) is 3.56. The molecule has 2 aliphatic heterocycles. The number of anilines is 8. The highest BCUT2D eigenvalue weighted by Crippen LogP contribution is 2.57. The second-order valence-electron chi connectivity index (χ2n) is 15.4. The van der Waals surface area contributed by atoms with Crippen LogP contribution >= 0.6 is 0 Å². The molecular weight excluding hydrogens is 665 g/mol. The summed E-state index contributed by atoms with van der Waals surface area (Å²) in [5.41, 5.74) is 21.7. The van der Waals surface area contributed by atoms with E-state index in [0.717, 1.165) is 91.1 Å². The maximum atomic E-state index is 5.06. The van der Waals surface area contributed by atoms with Gasteiger partial charge in [0.2, 0.25) is 0 Å². The molecule has 2 aliphatic rings. The van der Waals surface area contributed by atoms with E-state index in [9.17, 15) is 0 Å². The third-order valence-corrected chi connectivity index (χ3v) is 11.4. The Morgan fingerprint density at radius 1 is 0.296 bits per heavy atom. The van der Waals surface area contributed by atoms with Gasteiger partial charge in [-0.05, 0) is 178 Å². The fraction of sp³-hybridized carbons (Fsp3) is 0.304. The largest absolute Gasteiger partial charge is 0.313 e. The summed E-state index contributed by atoms with van der Waals surface area (Å²) < 4.78 is 0. The molecule has 0 N–H and O–H groups in total. The first-order chi connectivity index (χ1) is 25.7. The van der Waals surface area contributed by atoms with E-state index in [1.807, 2.05) is 0 Å². The van der Waals surface area contributed by atoms with Crippen LogP contribution in [0.2, 0.25) is 0 Å². The van der Waals surface area contributed by atoms with E-state index in [0.29, 0.717) is 0 Å². The lowest BCUT2D eigenvalue weighted by molar-refractivity contribution is 0.546. The fourth-order valence-electron chi connectivity index (χ4n) is 8.50. The second kappa shape index (κ2) is 13.0. The first-order valence-corrected chi connectivity index (χ1v) is 18.9. The van der Waals surface area contributed by atoms with E-state index in [1.165, 1.54) is 22.3 Å². The van der Waals surface area contributed by atoms with Crippen LogP contribution in [0.1, 0.15) is 67.8 Å². The summed E-state index contributed by atoms with van der Waals surface area (Å²) in [6.45, 7) is 25.6. The first kappa shape index (κ1) is 35.3. The lowest BCUT2D eigenvalue weighted by Gasteiger charge is -2.45. The molecule has 0 unspecified atom stereocenters. The van der Waals surface area contributed by atoms with Gasteiger partial charge in [-0.3, -0.25) is 19.9 Å². The van der Waals surface area contributed by atoms with E-state index in [2.05, 4.69) is 175 Å².